The van der Waals surface area contributed by atoms with Crippen molar-refractivity contribution in [3.63, 3.8) is 0 Å². The predicted molar refractivity (Wildman–Crippen MR) is 83.3 cm³/mol. The number of halogens is 2. The van der Waals surface area contributed by atoms with Gasteiger partial charge in [-0.25, -0.2) is 8.78 Å². The topological polar surface area (TPSA) is 65.4 Å². The molecule has 0 aliphatic carbocycles. The van der Waals surface area contributed by atoms with Crippen LogP contribution in [0, 0.1) is 29.7 Å². The molecule has 2 atom stereocenters. The first-order chi connectivity index (χ1) is 12.0. The Morgan fingerprint density at radius 2 is 2.20 bits per heavy atom. The SMILES string of the molecule is Cc1cc(-c2c(CN3CC[C@@H]4OCC[C@@H]4C3)no[n+]2[O-])cc(F)c1F. The molecule has 25 heavy (non-hydrogen) atoms. The van der Waals surface area contributed by atoms with E-state index in [2.05, 4.69) is 10.1 Å². The molecule has 2 aliphatic heterocycles. The van der Waals surface area contributed by atoms with Gasteiger partial charge in [-0.05, 0) is 42.4 Å². The van der Waals surface area contributed by atoms with Gasteiger partial charge >= 0.3 is 0 Å². The van der Waals surface area contributed by atoms with Crippen molar-refractivity contribution in [2.45, 2.75) is 32.4 Å². The summed E-state index contributed by atoms with van der Waals surface area (Å²) in [5, 5.41) is 15.8. The third-order valence-electron chi connectivity index (χ3n) is 5.11. The largest absolute Gasteiger partial charge is 0.378 e. The maximum Gasteiger partial charge on any atom is 0.240 e. The molecule has 6 nitrogen and oxygen atoms in total. The van der Waals surface area contributed by atoms with Gasteiger partial charge in [0.2, 0.25) is 11.4 Å². The summed E-state index contributed by atoms with van der Waals surface area (Å²) in [7, 11) is 0. The molecule has 8 heteroatoms. The minimum atomic E-state index is -0.994. The van der Waals surface area contributed by atoms with Crippen molar-refractivity contribution in [2.75, 3.05) is 19.7 Å². The number of rotatable bonds is 3. The summed E-state index contributed by atoms with van der Waals surface area (Å²) in [5.41, 5.74) is 0.956. The molecule has 134 valence electrons. The maximum absolute atomic E-state index is 13.7. The van der Waals surface area contributed by atoms with Crippen LogP contribution in [-0.2, 0) is 11.3 Å². The van der Waals surface area contributed by atoms with Crippen molar-refractivity contribution < 1.29 is 23.0 Å². The molecule has 1 aromatic heterocycles. The molecule has 3 heterocycles. The van der Waals surface area contributed by atoms with E-state index in [1.54, 1.807) is 0 Å². The van der Waals surface area contributed by atoms with E-state index in [0.717, 1.165) is 38.6 Å². The second kappa shape index (κ2) is 6.34. The zero-order valence-electron chi connectivity index (χ0n) is 13.9. The van der Waals surface area contributed by atoms with E-state index in [-0.39, 0.29) is 21.7 Å². The number of ether oxygens (including phenoxy) is 1. The molecule has 0 bridgehead atoms. The van der Waals surface area contributed by atoms with Gasteiger partial charge in [-0.1, -0.05) is 0 Å². The Kier molecular flexibility index (Phi) is 4.16. The Morgan fingerprint density at radius 3 is 3.00 bits per heavy atom. The summed E-state index contributed by atoms with van der Waals surface area (Å²) in [5.74, 6) is -1.41. The average Bonchev–Trinajstić information content (AvgIpc) is 3.18. The number of nitrogens with zero attached hydrogens (tertiary/aromatic N) is 3. The van der Waals surface area contributed by atoms with Gasteiger partial charge in [0.25, 0.3) is 0 Å². The van der Waals surface area contributed by atoms with Crippen LogP contribution in [-0.4, -0.2) is 35.9 Å². The molecule has 2 fully saturated rings. The van der Waals surface area contributed by atoms with Crippen molar-refractivity contribution in [1.29, 1.82) is 0 Å². The monoisotopic (exact) mass is 351 g/mol. The fraction of sp³-hybridized carbons (Fsp3) is 0.529. The highest BCUT2D eigenvalue weighted by Crippen LogP contribution is 2.30. The number of aryl methyl sites for hydroxylation is 1. The number of likely N-dealkylation sites (tertiary alicyclic amines) is 1. The van der Waals surface area contributed by atoms with Gasteiger partial charge in [0, 0.05) is 36.3 Å². The van der Waals surface area contributed by atoms with Crippen LogP contribution in [0.25, 0.3) is 11.3 Å². The van der Waals surface area contributed by atoms with Gasteiger partial charge in [0.15, 0.2) is 11.6 Å². The highest BCUT2D eigenvalue weighted by Gasteiger charge is 2.35. The molecule has 1 aromatic carbocycles. The van der Waals surface area contributed by atoms with Crippen LogP contribution in [0.4, 0.5) is 8.78 Å². The lowest BCUT2D eigenvalue weighted by Crippen LogP contribution is -2.41. The van der Waals surface area contributed by atoms with E-state index in [4.69, 9.17) is 9.37 Å². The Hall–Kier alpha value is -2.06. The molecule has 0 saturated carbocycles. The molecule has 2 aromatic rings. The number of hydrogen-bond donors (Lipinski definition) is 0. The minimum Gasteiger partial charge on any atom is -0.378 e. The van der Waals surface area contributed by atoms with Gasteiger partial charge in [0.1, 0.15) is 0 Å². The van der Waals surface area contributed by atoms with E-state index >= 15 is 0 Å². The van der Waals surface area contributed by atoms with Gasteiger partial charge in [-0.15, -0.1) is 0 Å². The quantitative estimate of drug-likeness (QED) is 0.793. The summed E-state index contributed by atoms with van der Waals surface area (Å²) < 4.78 is 37.7. The number of piperidine rings is 1. The van der Waals surface area contributed by atoms with Crippen molar-refractivity contribution in [2.24, 2.45) is 5.92 Å². The summed E-state index contributed by atoms with van der Waals surface area (Å²) in [4.78, 5) is 2.46. The molecular weight excluding hydrogens is 332 g/mol. The number of benzene rings is 1. The van der Waals surface area contributed by atoms with E-state index in [1.165, 1.54) is 13.0 Å². The molecule has 2 saturated heterocycles. The molecule has 0 N–H and O–H groups in total. The Labute approximate surface area is 143 Å². The maximum atomic E-state index is 13.7. The van der Waals surface area contributed by atoms with Crippen molar-refractivity contribution in [3.8, 4) is 11.3 Å². The zero-order valence-corrected chi connectivity index (χ0v) is 13.9. The van der Waals surface area contributed by atoms with Crippen LogP contribution in [0.15, 0.2) is 16.8 Å². The second-order valence-corrected chi connectivity index (χ2v) is 6.80. The van der Waals surface area contributed by atoms with Crippen LogP contribution < -0.4 is 4.90 Å². The summed E-state index contributed by atoms with van der Waals surface area (Å²) >= 11 is 0. The lowest BCUT2D eigenvalue weighted by molar-refractivity contribution is -0.793. The van der Waals surface area contributed by atoms with Crippen LogP contribution in [0.3, 0.4) is 0 Å². The standard InChI is InChI=1S/C17H19F2N3O3/c1-10-6-12(7-13(18)16(10)19)17-14(20-25-22(17)23)9-21-4-2-15-11(8-21)3-5-24-15/h6-7,11,15H,2-5,8-9H2,1H3/t11-,15+/m1/s1. The normalized spacial score (nSPS) is 23.8. The number of aromatic nitrogens is 2. The third-order valence-corrected chi connectivity index (χ3v) is 5.11. The molecule has 2 aliphatic rings. The summed E-state index contributed by atoms with van der Waals surface area (Å²) in [6.07, 6.45) is 2.31. The van der Waals surface area contributed by atoms with Gasteiger partial charge in [-0.3, -0.25) is 9.53 Å². The highest BCUT2D eigenvalue weighted by molar-refractivity contribution is 5.59. The fourth-order valence-corrected chi connectivity index (χ4v) is 3.82. The van der Waals surface area contributed by atoms with Crippen LogP contribution in [0.1, 0.15) is 24.1 Å². The molecule has 4 rings (SSSR count). The van der Waals surface area contributed by atoms with Gasteiger partial charge in [-0.2, -0.15) is 0 Å². The van der Waals surface area contributed by atoms with Crippen LogP contribution in [0.5, 0.6) is 0 Å². The van der Waals surface area contributed by atoms with Crippen LogP contribution in [0.2, 0.25) is 0 Å². The molecule has 0 unspecified atom stereocenters. The molecular formula is C17H19F2N3O3. The smallest absolute Gasteiger partial charge is 0.240 e. The number of fused-ring (bicyclic) bond motifs is 1. The average molecular weight is 351 g/mol. The second-order valence-electron chi connectivity index (χ2n) is 6.80. The summed E-state index contributed by atoms with van der Waals surface area (Å²) in [6, 6.07) is 2.43. The molecule has 0 radical (unpaired) electrons. The predicted octanol–water partition coefficient (Wildman–Crippen LogP) is 2.17. The van der Waals surface area contributed by atoms with E-state index in [1.807, 2.05) is 0 Å². The van der Waals surface area contributed by atoms with Crippen molar-refractivity contribution in [3.05, 3.63) is 40.2 Å². The highest BCUT2D eigenvalue weighted by atomic mass is 19.2. The van der Waals surface area contributed by atoms with E-state index in [9.17, 15) is 14.0 Å². The third kappa shape index (κ3) is 3.00. The lowest BCUT2D eigenvalue weighted by Gasteiger charge is -2.33. The van der Waals surface area contributed by atoms with Crippen molar-refractivity contribution in [1.82, 2.24) is 10.1 Å². The van der Waals surface area contributed by atoms with Crippen molar-refractivity contribution >= 4 is 0 Å². The first-order valence-electron chi connectivity index (χ1n) is 8.41. The first-order valence-corrected chi connectivity index (χ1v) is 8.41. The zero-order chi connectivity index (χ0) is 17.6. The van der Waals surface area contributed by atoms with E-state index in [0.29, 0.717) is 24.3 Å². The Morgan fingerprint density at radius 1 is 1.36 bits per heavy atom. The molecule has 0 spiro atoms. The lowest BCUT2D eigenvalue weighted by atomic mass is 9.94. The molecule has 0 amide bonds. The summed E-state index contributed by atoms with van der Waals surface area (Å²) in [6.45, 7) is 4.38. The van der Waals surface area contributed by atoms with Gasteiger partial charge < -0.3 is 9.94 Å². The van der Waals surface area contributed by atoms with Gasteiger partial charge in [0.05, 0.1) is 12.6 Å². The van der Waals surface area contributed by atoms with Crippen LogP contribution >= 0.6 is 0 Å². The Bertz CT molecular complexity index is 772. The van der Waals surface area contributed by atoms with E-state index < -0.39 is 11.6 Å². The first kappa shape index (κ1) is 16.4. The fourth-order valence-electron chi connectivity index (χ4n) is 3.82. The minimum absolute atomic E-state index is 0.131. The number of hydrogen-bond acceptors (Lipinski definition) is 5. The Balaban J connectivity index is 1.60.